The van der Waals surface area contributed by atoms with E-state index < -0.39 is 0 Å². The van der Waals surface area contributed by atoms with Crippen LogP contribution >= 0.6 is 0 Å². The molecule has 0 heterocycles. The average Bonchev–Trinajstić information content (AvgIpc) is 2.34. The van der Waals surface area contributed by atoms with Gasteiger partial charge in [-0.1, -0.05) is 13.8 Å². The van der Waals surface area contributed by atoms with Crippen LogP contribution in [-0.4, -0.2) is 30.8 Å². The Balaban J connectivity index is 3.48. The van der Waals surface area contributed by atoms with Crippen LogP contribution in [0.4, 0.5) is 0 Å². The van der Waals surface area contributed by atoms with Crippen LogP contribution in [0.5, 0.6) is 0 Å². The summed E-state index contributed by atoms with van der Waals surface area (Å²) in [5.74, 6) is -0.440. The number of hydrogen-bond acceptors (Lipinski definition) is 4. The summed E-state index contributed by atoms with van der Waals surface area (Å²) in [5, 5.41) is 2.81. The van der Waals surface area contributed by atoms with Gasteiger partial charge in [0.2, 0.25) is 5.91 Å². The smallest absolute Gasteiger partial charge is 0.306 e. The summed E-state index contributed by atoms with van der Waals surface area (Å²) in [5.41, 5.74) is 0. The van der Waals surface area contributed by atoms with Gasteiger partial charge in [-0.05, 0) is 26.2 Å². The van der Waals surface area contributed by atoms with E-state index in [-0.39, 0.29) is 36.6 Å². The minimum atomic E-state index is -0.363. The summed E-state index contributed by atoms with van der Waals surface area (Å²) in [6, 6.07) is 0. The maximum absolute atomic E-state index is 11.4. The van der Waals surface area contributed by atoms with Crippen molar-refractivity contribution in [2.45, 2.75) is 46.5 Å². The molecule has 0 spiro atoms. The summed E-state index contributed by atoms with van der Waals surface area (Å²) in [6.07, 6.45) is 2.49. The number of unbranched alkanes of at least 4 members (excludes halogenated alkanes) is 1. The molecule has 0 aliphatic heterocycles. The van der Waals surface area contributed by atoms with Crippen molar-refractivity contribution in [2.24, 2.45) is 5.92 Å². The van der Waals surface area contributed by atoms with Crippen LogP contribution in [-0.2, 0) is 19.1 Å². The van der Waals surface area contributed by atoms with E-state index in [0.29, 0.717) is 13.0 Å². The maximum Gasteiger partial charge on any atom is 0.306 e. The first-order valence-corrected chi connectivity index (χ1v) is 6.40. The lowest BCUT2D eigenvalue weighted by Crippen LogP contribution is -2.29. The SMILES string of the molecule is CC[C@H](C)C(=O)NCCCCC(=O)OCC(C)=O. The standard InChI is InChI=1S/C13H23NO4/c1-4-10(2)13(17)14-8-6-5-7-12(16)18-9-11(3)15/h10H,4-9H2,1-3H3,(H,14,17)/t10-/m0/s1. The van der Waals surface area contributed by atoms with Gasteiger partial charge in [0.05, 0.1) is 0 Å². The molecule has 0 bridgehead atoms. The van der Waals surface area contributed by atoms with E-state index in [1.807, 2.05) is 13.8 Å². The molecule has 5 nitrogen and oxygen atoms in total. The molecule has 104 valence electrons. The fourth-order valence-corrected chi connectivity index (χ4v) is 1.22. The fourth-order valence-electron chi connectivity index (χ4n) is 1.22. The van der Waals surface area contributed by atoms with Crippen molar-refractivity contribution in [3.63, 3.8) is 0 Å². The Morgan fingerprint density at radius 1 is 1.22 bits per heavy atom. The first kappa shape index (κ1) is 16.6. The highest BCUT2D eigenvalue weighted by Gasteiger charge is 2.09. The maximum atomic E-state index is 11.4. The Kier molecular flexibility index (Phi) is 8.88. The third-order valence-electron chi connectivity index (χ3n) is 2.60. The Morgan fingerprint density at radius 2 is 1.89 bits per heavy atom. The molecule has 1 N–H and O–H groups in total. The molecule has 5 heteroatoms. The van der Waals surface area contributed by atoms with Gasteiger partial charge in [-0.2, -0.15) is 0 Å². The van der Waals surface area contributed by atoms with Gasteiger partial charge in [-0.25, -0.2) is 0 Å². The lowest BCUT2D eigenvalue weighted by atomic mass is 10.1. The number of nitrogens with one attached hydrogen (secondary N) is 1. The third kappa shape index (κ3) is 8.73. The molecule has 18 heavy (non-hydrogen) atoms. The van der Waals surface area contributed by atoms with Gasteiger partial charge in [0, 0.05) is 18.9 Å². The summed E-state index contributed by atoms with van der Waals surface area (Å²) in [7, 11) is 0. The molecule has 0 aromatic heterocycles. The molecule has 0 aliphatic rings. The highest BCUT2D eigenvalue weighted by atomic mass is 16.5. The van der Waals surface area contributed by atoms with E-state index in [1.165, 1.54) is 6.92 Å². The van der Waals surface area contributed by atoms with Crippen molar-refractivity contribution in [1.29, 1.82) is 0 Å². The molecular formula is C13H23NO4. The van der Waals surface area contributed by atoms with Crippen molar-refractivity contribution in [1.82, 2.24) is 5.32 Å². The van der Waals surface area contributed by atoms with Gasteiger partial charge in [0.1, 0.15) is 6.61 Å². The predicted molar refractivity (Wildman–Crippen MR) is 68.0 cm³/mol. The van der Waals surface area contributed by atoms with E-state index >= 15 is 0 Å². The molecule has 0 rings (SSSR count). The van der Waals surface area contributed by atoms with Crippen LogP contribution in [0, 0.1) is 5.92 Å². The van der Waals surface area contributed by atoms with Crippen LogP contribution in [0.2, 0.25) is 0 Å². The zero-order valence-electron chi connectivity index (χ0n) is 11.5. The monoisotopic (exact) mass is 257 g/mol. The Morgan fingerprint density at radius 3 is 2.44 bits per heavy atom. The highest BCUT2D eigenvalue weighted by molar-refractivity contribution is 5.80. The molecule has 0 aliphatic carbocycles. The number of rotatable bonds is 9. The largest absolute Gasteiger partial charge is 0.458 e. The Bertz CT molecular complexity index is 289. The summed E-state index contributed by atoms with van der Waals surface area (Å²) in [6.45, 7) is 5.65. The third-order valence-corrected chi connectivity index (χ3v) is 2.60. The van der Waals surface area contributed by atoms with E-state index in [9.17, 15) is 14.4 Å². The molecule has 0 saturated heterocycles. The quantitative estimate of drug-likeness (QED) is 0.501. The Hall–Kier alpha value is -1.39. The second-order valence-electron chi connectivity index (χ2n) is 4.42. The van der Waals surface area contributed by atoms with Gasteiger partial charge >= 0.3 is 5.97 Å². The minimum Gasteiger partial charge on any atom is -0.458 e. The van der Waals surface area contributed by atoms with E-state index in [0.717, 1.165) is 12.8 Å². The number of carbonyl (C=O) groups is 3. The number of Topliss-reactive ketones (excluding diaryl/α,β-unsaturated/α-hetero) is 1. The van der Waals surface area contributed by atoms with E-state index in [2.05, 4.69) is 5.32 Å². The first-order chi connectivity index (χ1) is 8.47. The number of ether oxygens (including phenoxy) is 1. The zero-order chi connectivity index (χ0) is 14.0. The number of esters is 1. The summed E-state index contributed by atoms with van der Waals surface area (Å²) >= 11 is 0. The molecule has 1 atom stereocenters. The van der Waals surface area contributed by atoms with Gasteiger partial charge < -0.3 is 10.1 Å². The van der Waals surface area contributed by atoms with Crippen LogP contribution in [0.25, 0.3) is 0 Å². The van der Waals surface area contributed by atoms with Crippen LogP contribution in [0.3, 0.4) is 0 Å². The molecule has 0 fully saturated rings. The molecule has 0 aromatic rings. The van der Waals surface area contributed by atoms with Crippen molar-refractivity contribution in [3.05, 3.63) is 0 Å². The first-order valence-electron chi connectivity index (χ1n) is 6.40. The topological polar surface area (TPSA) is 72.5 Å². The second-order valence-corrected chi connectivity index (χ2v) is 4.42. The molecule has 0 unspecified atom stereocenters. The molecule has 0 aromatic carbocycles. The van der Waals surface area contributed by atoms with Gasteiger partial charge in [0.25, 0.3) is 0 Å². The average molecular weight is 257 g/mol. The van der Waals surface area contributed by atoms with Crippen molar-refractivity contribution in [2.75, 3.05) is 13.2 Å². The number of amides is 1. The fraction of sp³-hybridized carbons (Fsp3) is 0.769. The molecule has 1 amide bonds. The predicted octanol–water partition coefficient (Wildman–Crippen LogP) is 1.45. The second kappa shape index (κ2) is 9.62. The van der Waals surface area contributed by atoms with Gasteiger partial charge in [0.15, 0.2) is 5.78 Å². The van der Waals surface area contributed by atoms with Crippen molar-refractivity contribution < 1.29 is 19.1 Å². The van der Waals surface area contributed by atoms with Gasteiger partial charge in [-0.15, -0.1) is 0 Å². The van der Waals surface area contributed by atoms with Crippen LogP contribution in [0.15, 0.2) is 0 Å². The van der Waals surface area contributed by atoms with Crippen LogP contribution in [0.1, 0.15) is 46.5 Å². The van der Waals surface area contributed by atoms with Crippen molar-refractivity contribution in [3.8, 4) is 0 Å². The number of ketones is 1. The lowest BCUT2D eigenvalue weighted by molar-refractivity contribution is -0.147. The molecule has 0 radical (unpaired) electrons. The summed E-state index contributed by atoms with van der Waals surface area (Å²) in [4.78, 5) is 33.1. The minimum absolute atomic E-state index is 0.0329. The normalized spacial score (nSPS) is 11.7. The zero-order valence-corrected chi connectivity index (χ0v) is 11.5. The number of hydrogen-bond donors (Lipinski definition) is 1. The number of carbonyl (C=O) groups excluding carboxylic acids is 3. The van der Waals surface area contributed by atoms with E-state index in [4.69, 9.17) is 4.74 Å². The van der Waals surface area contributed by atoms with Crippen LogP contribution < -0.4 is 5.32 Å². The lowest BCUT2D eigenvalue weighted by Gasteiger charge is -2.09. The summed E-state index contributed by atoms with van der Waals surface area (Å²) < 4.78 is 4.71. The van der Waals surface area contributed by atoms with Gasteiger partial charge in [-0.3, -0.25) is 14.4 Å². The molecular weight excluding hydrogens is 234 g/mol. The highest BCUT2D eigenvalue weighted by Crippen LogP contribution is 2.01. The van der Waals surface area contributed by atoms with E-state index in [1.54, 1.807) is 0 Å². The molecule has 0 saturated carbocycles. The van der Waals surface area contributed by atoms with Crippen molar-refractivity contribution >= 4 is 17.7 Å². The Labute approximate surface area is 108 Å².